The van der Waals surface area contributed by atoms with Gasteiger partial charge >= 0.3 is 5.97 Å². The third-order valence-corrected chi connectivity index (χ3v) is 5.73. The molecule has 1 aliphatic heterocycles. The van der Waals surface area contributed by atoms with Crippen molar-refractivity contribution in [2.75, 3.05) is 7.11 Å². The van der Waals surface area contributed by atoms with Gasteiger partial charge < -0.3 is 9.30 Å². The first-order valence-corrected chi connectivity index (χ1v) is 9.73. The third-order valence-electron chi connectivity index (χ3n) is 4.59. The largest absolute Gasteiger partial charge is 0.467 e. The predicted molar refractivity (Wildman–Crippen MR) is 110 cm³/mol. The first kappa shape index (κ1) is 20.2. The number of aromatic nitrogens is 1. The second-order valence-corrected chi connectivity index (χ2v) is 7.82. The maximum atomic E-state index is 12.7. The second kappa shape index (κ2) is 7.85. The maximum Gasteiger partial charge on any atom is 0.328 e. The highest BCUT2D eigenvalue weighted by Crippen LogP contribution is 2.35. The number of aryl methyl sites for hydroxylation is 1. The first-order chi connectivity index (χ1) is 13.2. The standard InChI is InChI=1S/C20H19ClN2O4S/c1-11-9-14(12(2)22(11)16-7-5-15(21)6-8-16)10-17-18(24)23(20(26)28-17)13(3)19(25)27-4/h5-10,13H,1-4H3/b17-10-/t13-/m1/s1. The number of carbonyl (C=O) groups excluding carboxylic acids is 3. The van der Waals surface area contributed by atoms with Crippen LogP contribution in [0, 0.1) is 13.8 Å². The van der Waals surface area contributed by atoms with Gasteiger partial charge in [0, 0.05) is 22.1 Å². The average molecular weight is 419 g/mol. The predicted octanol–water partition coefficient (Wildman–Crippen LogP) is 4.35. The first-order valence-electron chi connectivity index (χ1n) is 8.54. The Labute approximate surface area is 172 Å². The molecule has 1 aromatic carbocycles. The molecule has 2 aromatic rings. The Morgan fingerprint density at radius 3 is 2.46 bits per heavy atom. The molecular weight excluding hydrogens is 400 g/mol. The molecule has 1 atom stereocenters. The van der Waals surface area contributed by atoms with Crippen molar-refractivity contribution in [3.05, 3.63) is 57.2 Å². The lowest BCUT2D eigenvalue weighted by Gasteiger charge is -2.18. The number of hydrogen-bond donors (Lipinski definition) is 0. The highest BCUT2D eigenvalue weighted by Gasteiger charge is 2.41. The van der Waals surface area contributed by atoms with Gasteiger partial charge in [-0.15, -0.1) is 0 Å². The van der Waals surface area contributed by atoms with Gasteiger partial charge in [0.1, 0.15) is 6.04 Å². The lowest BCUT2D eigenvalue weighted by molar-refractivity contribution is -0.148. The van der Waals surface area contributed by atoms with Crippen LogP contribution < -0.4 is 0 Å². The lowest BCUT2D eigenvalue weighted by atomic mass is 10.2. The SMILES string of the molecule is COC(=O)[C@@H](C)N1C(=O)S/C(=C\c2cc(C)n(-c3ccc(Cl)cc3)c2C)C1=O. The summed E-state index contributed by atoms with van der Waals surface area (Å²) in [5.74, 6) is -1.13. The van der Waals surface area contributed by atoms with E-state index < -0.39 is 23.2 Å². The fraction of sp³-hybridized carbons (Fsp3) is 0.250. The van der Waals surface area contributed by atoms with E-state index in [0.717, 1.165) is 39.3 Å². The molecule has 1 aromatic heterocycles. The Morgan fingerprint density at radius 1 is 1.21 bits per heavy atom. The number of halogens is 1. The number of imide groups is 1. The maximum absolute atomic E-state index is 12.7. The van der Waals surface area contributed by atoms with Crippen molar-refractivity contribution in [2.24, 2.45) is 0 Å². The van der Waals surface area contributed by atoms with Gasteiger partial charge in [0.05, 0.1) is 12.0 Å². The summed E-state index contributed by atoms with van der Waals surface area (Å²) < 4.78 is 6.69. The van der Waals surface area contributed by atoms with Crippen LogP contribution in [0.15, 0.2) is 35.2 Å². The molecule has 1 aliphatic rings. The van der Waals surface area contributed by atoms with E-state index in [1.165, 1.54) is 14.0 Å². The molecule has 8 heteroatoms. The van der Waals surface area contributed by atoms with Crippen LogP contribution >= 0.6 is 23.4 Å². The van der Waals surface area contributed by atoms with E-state index in [-0.39, 0.29) is 4.91 Å². The second-order valence-electron chi connectivity index (χ2n) is 6.39. The number of benzene rings is 1. The summed E-state index contributed by atoms with van der Waals surface area (Å²) in [5, 5.41) is 0.167. The van der Waals surface area contributed by atoms with E-state index >= 15 is 0 Å². The minimum Gasteiger partial charge on any atom is -0.467 e. The molecule has 1 saturated heterocycles. The van der Waals surface area contributed by atoms with E-state index in [4.69, 9.17) is 11.6 Å². The van der Waals surface area contributed by atoms with Gasteiger partial charge in [0.15, 0.2) is 0 Å². The van der Waals surface area contributed by atoms with Gasteiger partial charge in [0.2, 0.25) is 0 Å². The van der Waals surface area contributed by atoms with Crippen LogP contribution in [0.5, 0.6) is 0 Å². The smallest absolute Gasteiger partial charge is 0.328 e. The molecule has 0 radical (unpaired) electrons. The minimum absolute atomic E-state index is 0.275. The Bertz CT molecular complexity index is 994. The van der Waals surface area contributed by atoms with E-state index in [1.807, 2.05) is 48.7 Å². The summed E-state index contributed by atoms with van der Waals surface area (Å²) in [6, 6.07) is 8.44. The van der Waals surface area contributed by atoms with E-state index in [2.05, 4.69) is 4.74 Å². The van der Waals surface area contributed by atoms with Gasteiger partial charge in [-0.05, 0) is 74.5 Å². The number of esters is 1. The van der Waals surface area contributed by atoms with E-state index in [1.54, 1.807) is 6.08 Å². The Balaban J connectivity index is 1.95. The molecule has 28 heavy (non-hydrogen) atoms. The lowest BCUT2D eigenvalue weighted by Crippen LogP contribution is -2.42. The molecule has 0 N–H and O–H groups in total. The summed E-state index contributed by atoms with van der Waals surface area (Å²) in [6.45, 7) is 5.37. The molecule has 0 unspecified atom stereocenters. The summed E-state index contributed by atoms with van der Waals surface area (Å²) in [7, 11) is 1.22. The summed E-state index contributed by atoms with van der Waals surface area (Å²) >= 11 is 6.79. The van der Waals surface area contributed by atoms with Crippen LogP contribution in [0.25, 0.3) is 11.8 Å². The van der Waals surface area contributed by atoms with Crippen molar-refractivity contribution in [2.45, 2.75) is 26.8 Å². The van der Waals surface area contributed by atoms with Crippen molar-refractivity contribution in [3.8, 4) is 5.69 Å². The van der Waals surface area contributed by atoms with E-state index in [9.17, 15) is 14.4 Å². The van der Waals surface area contributed by atoms with Crippen LogP contribution in [0.3, 0.4) is 0 Å². The summed E-state index contributed by atoms with van der Waals surface area (Å²) in [5.41, 5.74) is 3.68. The molecule has 3 rings (SSSR count). The van der Waals surface area contributed by atoms with Gasteiger partial charge in [0.25, 0.3) is 11.1 Å². The number of nitrogens with zero attached hydrogens (tertiary/aromatic N) is 2. The third kappa shape index (κ3) is 3.59. The number of carbonyl (C=O) groups is 3. The molecular formula is C20H19ClN2O4S. The topological polar surface area (TPSA) is 68.6 Å². The van der Waals surface area contributed by atoms with Crippen LogP contribution in [-0.2, 0) is 14.3 Å². The number of methoxy groups -OCH3 is 1. The molecule has 1 fully saturated rings. The fourth-order valence-corrected chi connectivity index (χ4v) is 4.18. The highest BCUT2D eigenvalue weighted by atomic mass is 35.5. The van der Waals surface area contributed by atoms with Crippen molar-refractivity contribution >= 4 is 46.6 Å². The van der Waals surface area contributed by atoms with Crippen LogP contribution in [0.4, 0.5) is 4.79 Å². The molecule has 0 spiro atoms. The summed E-state index contributed by atoms with van der Waals surface area (Å²) in [6.07, 6.45) is 1.68. The Morgan fingerprint density at radius 2 is 1.86 bits per heavy atom. The van der Waals surface area contributed by atoms with Gasteiger partial charge in [-0.2, -0.15) is 0 Å². The van der Waals surface area contributed by atoms with Gasteiger partial charge in [-0.1, -0.05) is 11.6 Å². The summed E-state index contributed by atoms with van der Waals surface area (Å²) in [4.78, 5) is 37.9. The normalized spacial score (nSPS) is 16.8. The Kier molecular flexibility index (Phi) is 5.67. The number of thioether (sulfide) groups is 1. The number of hydrogen-bond acceptors (Lipinski definition) is 5. The van der Waals surface area contributed by atoms with Crippen LogP contribution in [-0.4, -0.2) is 39.7 Å². The zero-order chi connectivity index (χ0) is 20.6. The molecule has 0 aliphatic carbocycles. The van der Waals surface area contributed by atoms with Crippen LogP contribution in [0.1, 0.15) is 23.9 Å². The molecule has 2 heterocycles. The zero-order valence-corrected chi connectivity index (χ0v) is 17.4. The Hall–Kier alpha value is -2.51. The van der Waals surface area contributed by atoms with Gasteiger partial charge in [-0.3, -0.25) is 14.5 Å². The molecule has 146 valence electrons. The zero-order valence-electron chi connectivity index (χ0n) is 15.9. The molecule has 0 saturated carbocycles. The fourth-order valence-electron chi connectivity index (χ4n) is 3.15. The minimum atomic E-state index is -0.968. The number of ether oxygens (including phenoxy) is 1. The highest BCUT2D eigenvalue weighted by molar-refractivity contribution is 8.18. The average Bonchev–Trinajstić information content (AvgIpc) is 3.10. The van der Waals surface area contributed by atoms with Crippen molar-refractivity contribution in [3.63, 3.8) is 0 Å². The van der Waals surface area contributed by atoms with Crippen molar-refractivity contribution in [1.82, 2.24) is 9.47 Å². The van der Waals surface area contributed by atoms with Gasteiger partial charge in [-0.25, -0.2) is 4.79 Å². The quantitative estimate of drug-likeness (QED) is 0.545. The molecule has 0 bridgehead atoms. The monoisotopic (exact) mass is 418 g/mol. The van der Waals surface area contributed by atoms with E-state index in [0.29, 0.717) is 5.02 Å². The van der Waals surface area contributed by atoms with Crippen molar-refractivity contribution in [1.29, 1.82) is 0 Å². The molecule has 6 nitrogen and oxygen atoms in total. The molecule has 2 amide bonds. The number of amides is 2. The van der Waals surface area contributed by atoms with Crippen LogP contribution in [0.2, 0.25) is 5.02 Å². The number of rotatable bonds is 4. The van der Waals surface area contributed by atoms with Crippen molar-refractivity contribution < 1.29 is 19.1 Å².